The third-order valence-corrected chi connectivity index (χ3v) is 5.03. The topological polar surface area (TPSA) is 108 Å². The molecule has 0 aromatic heterocycles. The zero-order chi connectivity index (χ0) is 23.7. The van der Waals surface area contributed by atoms with Crippen molar-refractivity contribution in [2.24, 2.45) is 0 Å². The minimum Gasteiger partial charge on any atom is -0.493 e. The van der Waals surface area contributed by atoms with Gasteiger partial charge in [-0.25, -0.2) is 4.79 Å². The van der Waals surface area contributed by atoms with Gasteiger partial charge in [-0.15, -0.1) is 0 Å². The van der Waals surface area contributed by atoms with Gasteiger partial charge in [0.05, 0.1) is 24.7 Å². The van der Waals surface area contributed by atoms with Gasteiger partial charge in [-0.2, -0.15) is 0 Å². The molecular weight excluding hydrogens is 438 g/mol. The van der Waals surface area contributed by atoms with E-state index in [9.17, 15) is 19.2 Å². The Kier molecular flexibility index (Phi) is 9.58. The number of hydrogen-bond donors (Lipinski definition) is 0. The lowest BCUT2D eigenvalue weighted by Crippen LogP contribution is -2.34. The highest BCUT2D eigenvalue weighted by Gasteiger charge is 2.36. The van der Waals surface area contributed by atoms with Gasteiger partial charge in [0.2, 0.25) is 0 Å². The van der Waals surface area contributed by atoms with Gasteiger partial charge in [0.25, 0.3) is 11.1 Å². The second-order valence-electron chi connectivity index (χ2n) is 7.08. The van der Waals surface area contributed by atoms with Gasteiger partial charge < -0.3 is 18.9 Å². The molecule has 1 aromatic carbocycles. The molecular formula is C22H27NO8S. The Morgan fingerprint density at radius 1 is 1.16 bits per heavy atom. The molecule has 0 N–H and O–H groups in total. The minimum atomic E-state index is -0.624. The summed E-state index contributed by atoms with van der Waals surface area (Å²) in [7, 11) is 1.44. The molecule has 174 valence electrons. The minimum absolute atomic E-state index is 0.174. The Bertz CT molecular complexity index is 896. The van der Waals surface area contributed by atoms with Crippen LogP contribution >= 0.6 is 11.8 Å². The molecule has 1 saturated heterocycles. The van der Waals surface area contributed by atoms with E-state index in [1.54, 1.807) is 32.0 Å². The van der Waals surface area contributed by atoms with Crippen LogP contribution in [0.2, 0.25) is 0 Å². The maximum atomic E-state index is 12.6. The lowest BCUT2D eigenvalue weighted by atomic mass is 10.2. The Morgan fingerprint density at radius 2 is 1.91 bits per heavy atom. The Labute approximate surface area is 191 Å². The third-order valence-electron chi connectivity index (χ3n) is 4.12. The summed E-state index contributed by atoms with van der Waals surface area (Å²) in [5.74, 6) is -1.03. The van der Waals surface area contributed by atoms with E-state index in [0.717, 1.165) is 23.1 Å². The smallest absolute Gasteiger partial charge is 0.344 e. The first-order valence-corrected chi connectivity index (χ1v) is 11.0. The van der Waals surface area contributed by atoms with E-state index in [0.29, 0.717) is 23.5 Å². The zero-order valence-corrected chi connectivity index (χ0v) is 19.4. The van der Waals surface area contributed by atoms with Crippen molar-refractivity contribution in [3.05, 3.63) is 28.7 Å². The van der Waals surface area contributed by atoms with Crippen LogP contribution in [-0.4, -0.2) is 61.0 Å². The molecule has 0 spiro atoms. The van der Waals surface area contributed by atoms with Crippen molar-refractivity contribution < 1.29 is 38.1 Å². The van der Waals surface area contributed by atoms with E-state index >= 15 is 0 Å². The number of ether oxygens (including phenoxy) is 4. The molecule has 0 bridgehead atoms. The number of thioether (sulfide) groups is 1. The highest BCUT2D eigenvalue weighted by atomic mass is 32.2. The number of amides is 2. The summed E-state index contributed by atoms with van der Waals surface area (Å²) >= 11 is 0.742. The summed E-state index contributed by atoms with van der Waals surface area (Å²) in [6, 6.07) is 4.84. The lowest BCUT2D eigenvalue weighted by Gasteiger charge is -2.12. The molecule has 0 aliphatic carbocycles. The Morgan fingerprint density at radius 3 is 2.56 bits per heavy atom. The number of carbonyl (C=O) groups excluding carboxylic acids is 4. The van der Waals surface area contributed by atoms with Crippen LogP contribution in [0.15, 0.2) is 23.1 Å². The molecule has 1 aromatic rings. The monoisotopic (exact) mass is 465 g/mol. The summed E-state index contributed by atoms with van der Waals surface area (Å²) in [4.78, 5) is 49.3. The Hall–Kier alpha value is -3.01. The average molecular weight is 466 g/mol. The molecule has 0 saturated carbocycles. The third kappa shape index (κ3) is 7.30. The van der Waals surface area contributed by atoms with Crippen LogP contribution < -0.4 is 9.47 Å². The maximum Gasteiger partial charge on any atom is 0.344 e. The standard InChI is InChI=1S/C22H27NO8S/c1-5-6-9-29-19(24)12-23-21(26)18(32-22(23)27)11-15-7-8-16(17(10-15)28-4)30-13-20(25)31-14(2)3/h7-8,10-11,14H,5-6,9,12-13H2,1-4H3/b18-11-. The lowest BCUT2D eigenvalue weighted by molar-refractivity contribution is -0.149. The quantitative estimate of drug-likeness (QED) is 0.276. The van der Waals surface area contributed by atoms with Gasteiger partial charge in [0.1, 0.15) is 6.54 Å². The average Bonchev–Trinajstić information content (AvgIpc) is 2.99. The number of imide groups is 1. The van der Waals surface area contributed by atoms with Gasteiger partial charge in [0, 0.05) is 0 Å². The van der Waals surface area contributed by atoms with Gasteiger partial charge in [-0.05, 0) is 55.8 Å². The van der Waals surface area contributed by atoms with Gasteiger partial charge >= 0.3 is 11.9 Å². The number of benzene rings is 1. The fourth-order valence-electron chi connectivity index (χ4n) is 2.62. The molecule has 2 rings (SSSR count). The van der Waals surface area contributed by atoms with Crippen molar-refractivity contribution in [3.63, 3.8) is 0 Å². The second-order valence-corrected chi connectivity index (χ2v) is 8.07. The largest absolute Gasteiger partial charge is 0.493 e. The van der Waals surface area contributed by atoms with Crippen LogP contribution in [0.3, 0.4) is 0 Å². The summed E-state index contributed by atoms with van der Waals surface area (Å²) < 4.78 is 20.8. The number of methoxy groups -OCH3 is 1. The highest BCUT2D eigenvalue weighted by molar-refractivity contribution is 8.18. The molecule has 0 unspecified atom stereocenters. The fourth-order valence-corrected chi connectivity index (χ4v) is 3.46. The Balaban J connectivity index is 2.06. The van der Waals surface area contributed by atoms with Crippen molar-refractivity contribution in [2.45, 2.75) is 39.7 Å². The first kappa shape index (κ1) is 25.3. The van der Waals surface area contributed by atoms with Crippen molar-refractivity contribution >= 4 is 40.9 Å². The predicted molar refractivity (Wildman–Crippen MR) is 118 cm³/mol. The van der Waals surface area contributed by atoms with Gasteiger partial charge in [-0.3, -0.25) is 19.3 Å². The van der Waals surface area contributed by atoms with E-state index in [1.807, 2.05) is 6.92 Å². The SMILES string of the molecule is CCCCOC(=O)CN1C(=O)S/C(=C\c2ccc(OCC(=O)OC(C)C)c(OC)c2)C1=O. The number of hydrogen-bond acceptors (Lipinski definition) is 9. The molecule has 32 heavy (non-hydrogen) atoms. The van der Waals surface area contributed by atoms with Crippen molar-refractivity contribution in [1.82, 2.24) is 4.90 Å². The van der Waals surface area contributed by atoms with Crippen molar-refractivity contribution in [1.29, 1.82) is 0 Å². The number of unbranched alkanes of at least 4 members (excludes halogenated alkanes) is 1. The summed E-state index contributed by atoms with van der Waals surface area (Å²) in [5, 5.41) is -0.538. The molecule has 0 radical (unpaired) electrons. The van der Waals surface area contributed by atoms with Crippen LogP contribution in [0.25, 0.3) is 6.08 Å². The highest BCUT2D eigenvalue weighted by Crippen LogP contribution is 2.34. The molecule has 9 nitrogen and oxygen atoms in total. The van der Waals surface area contributed by atoms with E-state index in [-0.39, 0.29) is 24.2 Å². The molecule has 2 amide bonds. The molecule has 1 aliphatic heterocycles. The molecule has 1 heterocycles. The second kappa shape index (κ2) is 12.1. The van der Waals surface area contributed by atoms with Crippen LogP contribution in [0.4, 0.5) is 4.79 Å². The molecule has 1 aliphatic rings. The van der Waals surface area contributed by atoms with E-state index in [1.165, 1.54) is 13.2 Å². The van der Waals surface area contributed by atoms with Crippen LogP contribution in [0, 0.1) is 0 Å². The number of esters is 2. The van der Waals surface area contributed by atoms with E-state index in [4.69, 9.17) is 18.9 Å². The first-order chi connectivity index (χ1) is 15.2. The maximum absolute atomic E-state index is 12.6. The van der Waals surface area contributed by atoms with Crippen molar-refractivity contribution in [3.8, 4) is 11.5 Å². The van der Waals surface area contributed by atoms with E-state index < -0.39 is 29.6 Å². The summed E-state index contributed by atoms with van der Waals surface area (Å²) in [6.45, 7) is 5.00. The first-order valence-electron chi connectivity index (χ1n) is 10.2. The summed E-state index contributed by atoms with van der Waals surface area (Å²) in [5.41, 5.74) is 0.579. The zero-order valence-electron chi connectivity index (χ0n) is 18.5. The number of rotatable bonds is 11. The number of nitrogens with zero attached hydrogens (tertiary/aromatic N) is 1. The van der Waals surface area contributed by atoms with Gasteiger partial charge in [0.15, 0.2) is 18.1 Å². The number of carbonyl (C=O) groups is 4. The van der Waals surface area contributed by atoms with Crippen LogP contribution in [0.1, 0.15) is 39.2 Å². The normalized spacial score (nSPS) is 14.8. The van der Waals surface area contributed by atoms with Crippen LogP contribution in [0.5, 0.6) is 11.5 Å². The van der Waals surface area contributed by atoms with Crippen molar-refractivity contribution in [2.75, 3.05) is 26.9 Å². The van der Waals surface area contributed by atoms with Crippen LogP contribution in [-0.2, 0) is 23.9 Å². The molecule has 10 heteroatoms. The fraction of sp³-hybridized carbons (Fsp3) is 0.455. The summed E-state index contributed by atoms with van der Waals surface area (Å²) in [6.07, 6.45) is 2.86. The van der Waals surface area contributed by atoms with Gasteiger partial charge in [-0.1, -0.05) is 19.4 Å². The van der Waals surface area contributed by atoms with E-state index in [2.05, 4.69) is 0 Å². The predicted octanol–water partition coefficient (Wildman–Crippen LogP) is 3.41. The molecule has 0 atom stereocenters. The molecule has 1 fully saturated rings.